The zero-order chi connectivity index (χ0) is 13.9. The molecule has 0 atom stereocenters. The van der Waals surface area contributed by atoms with E-state index in [4.69, 9.17) is 5.11 Å². The number of nitrogens with zero attached hydrogens (tertiary/aromatic N) is 1. The lowest BCUT2D eigenvalue weighted by atomic mass is 10.0. The molecule has 0 aliphatic heterocycles. The number of carbonyl (C=O) groups is 2. The Kier molecular flexibility index (Phi) is 4.06. The molecule has 1 aromatic rings. The van der Waals surface area contributed by atoms with Crippen LogP contribution in [0.4, 0.5) is 4.39 Å². The summed E-state index contributed by atoms with van der Waals surface area (Å²) < 4.78 is 12.7. The third kappa shape index (κ3) is 3.06. The van der Waals surface area contributed by atoms with E-state index in [0.29, 0.717) is 5.56 Å². The number of hydrogen-bond donors (Lipinski definition) is 1. The highest BCUT2D eigenvalue weighted by molar-refractivity contribution is 5.87. The van der Waals surface area contributed by atoms with Crippen LogP contribution in [0, 0.1) is 5.82 Å². The summed E-state index contributed by atoms with van der Waals surface area (Å²) in [4.78, 5) is 24.1. The van der Waals surface area contributed by atoms with E-state index >= 15 is 0 Å². The van der Waals surface area contributed by atoms with E-state index < -0.39 is 11.5 Å². The smallest absolute Gasteiger partial charge is 0.329 e. The standard InChI is InChI=1S/C13H16FNO3/c1-13(2,12(17)18)15(3)11(16)8-9-4-6-10(14)7-5-9/h4-7H,8H2,1-3H3,(H,17,18). The van der Waals surface area contributed by atoms with Crippen molar-refractivity contribution < 1.29 is 19.1 Å². The Morgan fingerprint density at radius 1 is 1.28 bits per heavy atom. The quantitative estimate of drug-likeness (QED) is 0.888. The van der Waals surface area contributed by atoms with Gasteiger partial charge in [-0.05, 0) is 31.5 Å². The number of likely N-dealkylation sites (N-methyl/N-ethyl adjacent to an activating group) is 1. The van der Waals surface area contributed by atoms with E-state index in [0.717, 1.165) is 0 Å². The van der Waals surface area contributed by atoms with Crippen molar-refractivity contribution in [3.8, 4) is 0 Å². The minimum atomic E-state index is -1.27. The lowest BCUT2D eigenvalue weighted by Crippen LogP contribution is -2.51. The maximum atomic E-state index is 12.7. The predicted molar refractivity (Wildman–Crippen MR) is 64.6 cm³/mol. The van der Waals surface area contributed by atoms with Crippen LogP contribution in [0.2, 0.25) is 0 Å². The molecule has 5 heteroatoms. The molecular formula is C13H16FNO3. The van der Waals surface area contributed by atoms with Gasteiger partial charge in [-0.2, -0.15) is 0 Å². The van der Waals surface area contributed by atoms with E-state index in [1.807, 2.05) is 0 Å². The highest BCUT2D eigenvalue weighted by atomic mass is 19.1. The molecule has 0 fully saturated rings. The molecule has 1 aromatic carbocycles. The summed E-state index contributed by atoms with van der Waals surface area (Å²) >= 11 is 0. The Morgan fingerprint density at radius 2 is 1.78 bits per heavy atom. The van der Waals surface area contributed by atoms with Crippen molar-refractivity contribution in [2.75, 3.05) is 7.05 Å². The summed E-state index contributed by atoms with van der Waals surface area (Å²) in [6.07, 6.45) is 0.0491. The topological polar surface area (TPSA) is 57.6 Å². The zero-order valence-corrected chi connectivity index (χ0v) is 10.6. The molecule has 18 heavy (non-hydrogen) atoms. The normalized spacial score (nSPS) is 11.1. The number of rotatable bonds is 4. The SMILES string of the molecule is CN(C(=O)Cc1ccc(F)cc1)C(C)(C)C(=O)O. The Bertz CT molecular complexity index is 454. The largest absolute Gasteiger partial charge is 0.480 e. The lowest BCUT2D eigenvalue weighted by molar-refractivity contribution is -0.155. The fourth-order valence-corrected chi connectivity index (χ4v) is 1.35. The van der Waals surface area contributed by atoms with Gasteiger partial charge in [-0.1, -0.05) is 12.1 Å². The van der Waals surface area contributed by atoms with Gasteiger partial charge < -0.3 is 10.0 Å². The monoisotopic (exact) mass is 253 g/mol. The first-order valence-corrected chi connectivity index (χ1v) is 5.49. The summed E-state index contributed by atoms with van der Waals surface area (Å²) in [7, 11) is 1.44. The summed E-state index contributed by atoms with van der Waals surface area (Å²) in [6.45, 7) is 2.91. The van der Waals surface area contributed by atoms with E-state index in [2.05, 4.69) is 0 Å². The van der Waals surface area contributed by atoms with Crippen molar-refractivity contribution in [2.45, 2.75) is 25.8 Å². The average Bonchev–Trinajstić information content (AvgIpc) is 2.30. The minimum absolute atomic E-state index is 0.0491. The number of carboxylic acids is 1. The molecule has 0 spiro atoms. The van der Waals surface area contributed by atoms with E-state index in [-0.39, 0.29) is 18.1 Å². The Balaban J connectivity index is 2.77. The molecule has 0 bridgehead atoms. The number of aliphatic carboxylic acids is 1. The van der Waals surface area contributed by atoms with Crippen LogP contribution in [0.15, 0.2) is 24.3 Å². The molecule has 1 rings (SSSR count). The molecule has 0 radical (unpaired) electrons. The van der Waals surface area contributed by atoms with Gasteiger partial charge in [0, 0.05) is 7.05 Å². The third-order valence-corrected chi connectivity index (χ3v) is 3.00. The number of amides is 1. The van der Waals surface area contributed by atoms with Gasteiger partial charge in [0.25, 0.3) is 0 Å². The van der Waals surface area contributed by atoms with Crippen molar-refractivity contribution in [1.29, 1.82) is 0 Å². The van der Waals surface area contributed by atoms with Gasteiger partial charge in [0.1, 0.15) is 11.4 Å². The van der Waals surface area contributed by atoms with Gasteiger partial charge in [0.15, 0.2) is 0 Å². The Hall–Kier alpha value is -1.91. The van der Waals surface area contributed by atoms with Crippen LogP contribution in [-0.2, 0) is 16.0 Å². The van der Waals surface area contributed by atoms with Gasteiger partial charge in [-0.3, -0.25) is 4.79 Å². The fraction of sp³-hybridized carbons (Fsp3) is 0.385. The predicted octanol–water partition coefficient (Wildman–Crippen LogP) is 1.69. The van der Waals surface area contributed by atoms with Gasteiger partial charge in [0.2, 0.25) is 5.91 Å². The number of carboxylic acid groups (broad SMARTS) is 1. The molecule has 0 aliphatic carbocycles. The first kappa shape index (κ1) is 14.2. The Morgan fingerprint density at radius 3 is 2.22 bits per heavy atom. The molecule has 4 nitrogen and oxygen atoms in total. The lowest BCUT2D eigenvalue weighted by Gasteiger charge is -2.31. The van der Waals surface area contributed by atoms with Crippen molar-refractivity contribution >= 4 is 11.9 Å². The van der Waals surface area contributed by atoms with Crippen molar-refractivity contribution in [2.24, 2.45) is 0 Å². The molecule has 1 amide bonds. The molecule has 0 saturated carbocycles. The molecule has 0 heterocycles. The highest BCUT2D eigenvalue weighted by Crippen LogP contribution is 2.14. The van der Waals surface area contributed by atoms with Gasteiger partial charge >= 0.3 is 5.97 Å². The molecule has 0 unspecified atom stereocenters. The molecular weight excluding hydrogens is 237 g/mol. The van der Waals surface area contributed by atoms with Crippen LogP contribution in [-0.4, -0.2) is 34.5 Å². The zero-order valence-electron chi connectivity index (χ0n) is 10.6. The van der Waals surface area contributed by atoms with Gasteiger partial charge in [-0.15, -0.1) is 0 Å². The van der Waals surface area contributed by atoms with Crippen LogP contribution in [0.3, 0.4) is 0 Å². The number of halogens is 1. The molecule has 0 saturated heterocycles. The maximum Gasteiger partial charge on any atom is 0.329 e. The third-order valence-electron chi connectivity index (χ3n) is 3.00. The summed E-state index contributed by atoms with van der Waals surface area (Å²) in [5.74, 6) is -1.77. The number of carbonyl (C=O) groups excluding carboxylic acids is 1. The molecule has 0 aliphatic rings. The maximum absolute atomic E-state index is 12.7. The summed E-state index contributed by atoms with van der Waals surface area (Å²) in [5.41, 5.74) is -0.619. The molecule has 1 N–H and O–H groups in total. The van der Waals surface area contributed by atoms with E-state index in [9.17, 15) is 14.0 Å². The highest BCUT2D eigenvalue weighted by Gasteiger charge is 2.34. The summed E-state index contributed by atoms with van der Waals surface area (Å²) in [6, 6.07) is 5.56. The van der Waals surface area contributed by atoms with Crippen LogP contribution in [0.1, 0.15) is 19.4 Å². The second-order valence-corrected chi connectivity index (χ2v) is 4.62. The first-order valence-electron chi connectivity index (χ1n) is 5.49. The van der Waals surface area contributed by atoms with E-state index in [1.54, 1.807) is 0 Å². The van der Waals surface area contributed by atoms with Crippen molar-refractivity contribution in [3.63, 3.8) is 0 Å². The van der Waals surface area contributed by atoms with Crippen LogP contribution in [0.25, 0.3) is 0 Å². The van der Waals surface area contributed by atoms with E-state index in [1.165, 1.54) is 50.1 Å². The van der Waals surface area contributed by atoms with Crippen LogP contribution >= 0.6 is 0 Å². The van der Waals surface area contributed by atoms with Crippen molar-refractivity contribution in [3.05, 3.63) is 35.6 Å². The number of benzene rings is 1. The second-order valence-electron chi connectivity index (χ2n) is 4.62. The van der Waals surface area contributed by atoms with Gasteiger partial charge in [-0.25, -0.2) is 9.18 Å². The molecule has 0 aromatic heterocycles. The van der Waals surface area contributed by atoms with Crippen LogP contribution < -0.4 is 0 Å². The van der Waals surface area contributed by atoms with Crippen LogP contribution in [0.5, 0.6) is 0 Å². The number of hydrogen-bond acceptors (Lipinski definition) is 2. The average molecular weight is 253 g/mol. The minimum Gasteiger partial charge on any atom is -0.480 e. The second kappa shape index (κ2) is 5.16. The van der Waals surface area contributed by atoms with Crippen molar-refractivity contribution in [1.82, 2.24) is 4.90 Å². The fourth-order valence-electron chi connectivity index (χ4n) is 1.35. The van der Waals surface area contributed by atoms with Gasteiger partial charge in [0.05, 0.1) is 6.42 Å². The first-order chi connectivity index (χ1) is 8.25. The Labute approximate surface area is 105 Å². The molecule has 98 valence electrons. The summed E-state index contributed by atoms with van der Waals surface area (Å²) in [5, 5.41) is 9.02.